The highest BCUT2D eigenvalue weighted by molar-refractivity contribution is 5.90. The molecule has 11 heteroatoms. The summed E-state index contributed by atoms with van der Waals surface area (Å²) in [6, 6.07) is 19.1. The molecule has 0 aliphatic carbocycles. The molecular weight excluding hydrogens is 465 g/mol. The van der Waals surface area contributed by atoms with E-state index in [1.807, 2.05) is 30.3 Å². The Bertz CT molecular complexity index is 1500. The molecule has 0 fully saturated rings. The zero-order chi connectivity index (χ0) is 25.1. The van der Waals surface area contributed by atoms with Crippen LogP contribution in [0.4, 0.5) is 26.4 Å². The number of para-hydroxylation sites is 1. The first-order valence-corrected chi connectivity index (χ1v) is 10.9. The molecule has 0 aliphatic heterocycles. The molecule has 0 aliphatic rings. The molecule has 3 aromatic heterocycles. The molecule has 3 heterocycles. The Kier molecular flexibility index (Phi) is 6.10. The van der Waals surface area contributed by atoms with Gasteiger partial charge in [0.25, 0.3) is 0 Å². The maximum Gasteiger partial charge on any atom is 0.411 e. The number of rotatable bonds is 7. The van der Waals surface area contributed by atoms with Crippen molar-refractivity contribution >= 4 is 23.3 Å². The third kappa shape index (κ3) is 4.62. The third-order valence-corrected chi connectivity index (χ3v) is 5.44. The summed E-state index contributed by atoms with van der Waals surface area (Å²) in [6.07, 6.45) is 1.68. The normalized spacial score (nSPS) is 10.8. The number of halogens is 1. The molecule has 0 unspecified atom stereocenters. The van der Waals surface area contributed by atoms with E-state index in [9.17, 15) is 14.3 Å². The van der Waals surface area contributed by atoms with Crippen LogP contribution in [0.2, 0.25) is 0 Å². The lowest BCUT2D eigenvalue weighted by atomic mass is 10.2. The van der Waals surface area contributed by atoms with Crippen molar-refractivity contribution in [3.8, 4) is 22.9 Å². The van der Waals surface area contributed by atoms with E-state index < -0.39 is 6.09 Å². The van der Waals surface area contributed by atoms with E-state index in [1.54, 1.807) is 35.0 Å². The summed E-state index contributed by atoms with van der Waals surface area (Å²) >= 11 is 0. The second kappa shape index (κ2) is 9.66. The maximum absolute atomic E-state index is 14.4. The predicted molar refractivity (Wildman–Crippen MR) is 130 cm³/mol. The minimum Gasteiger partial charge on any atom is -0.465 e. The second-order valence-corrected chi connectivity index (χ2v) is 7.81. The Morgan fingerprint density at radius 1 is 1.11 bits per heavy atom. The maximum atomic E-state index is 14.4. The van der Waals surface area contributed by atoms with Crippen molar-refractivity contribution in [2.24, 2.45) is 0 Å². The fraction of sp³-hybridized carbons (Fsp3) is 0.0800. The summed E-state index contributed by atoms with van der Waals surface area (Å²) in [5.74, 6) is 0.169. The monoisotopic (exact) mass is 485 g/mol. The van der Waals surface area contributed by atoms with Gasteiger partial charge in [-0.15, -0.1) is 0 Å². The van der Waals surface area contributed by atoms with Gasteiger partial charge in [0.15, 0.2) is 11.6 Å². The van der Waals surface area contributed by atoms with Crippen molar-refractivity contribution in [3.63, 3.8) is 0 Å². The van der Waals surface area contributed by atoms with Crippen LogP contribution in [0.1, 0.15) is 5.56 Å². The van der Waals surface area contributed by atoms with Crippen molar-refractivity contribution < 1.29 is 18.8 Å². The lowest BCUT2D eigenvalue weighted by molar-refractivity contribution is 0.203. The van der Waals surface area contributed by atoms with Crippen molar-refractivity contribution in [2.45, 2.75) is 6.54 Å². The fourth-order valence-corrected chi connectivity index (χ4v) is 3.58. The standard InChI is InChI=1S/C25H20FN7O3/c1-32(25(34)35)22-14-27-23(29-24(22)28-17-8-3-2-4-9-17)20-13-21(19-11-12-36-31-19)33(30-20)15-16-7-5-6-10-18(16)26/h2-14H,15H2,1H3,(H,34,35)(H,27,28,29). The zero-order valence-electron chi connectivity index (χ0n) is 19.0. The van der Waals surface area contributed by atoms with Gasteiger partial charge in [0.2, 0.25) is 0 Å². The van der Waals surface area contributed by atoms with Crippen LogP contribution in [0, 0.1) is 5.82 Å². The molecule has 0 spiro atoms. The minimum atomic E-state index is -1.16. The molecule has 5 rings (SSSR count). The van der Waals surface area contributed by atoms with Gasteiger partial charge in [0.1, 0.15) is 29.2 Å². The van der Waals surface area contributed by atoms with E-state index in [2.05, 4.69) is 25.5 Å². The van der Waals surface area contributed by atoms with Gasteiger partial charge in [-0.25, -0.2) is 19.2 Å². The highest BCUT2D eigenvalue weighted by atomic mass is 19.1. The van der Waals surface area contributed by atoms with E-state index in [4.69, 9.17) is 4.52 Å². The summed E-state index contributed by atoms with van der Waals surface area (Å²) in [5.41, 5.74) is 2.91. The molecule has 5 aromatic rings. The van der Waals surface area contributed by atoms with Crippen LogP contribution in [-0.2, 0) is 6.54 Å². The molecule has 10 nitrogen and oxygen atoms in total. The van der Waals surface area contributed by atoms with Crippen molar-refractivity contribution in [1.29, 1.82) is 0 Å². The van der Waals surface area contributed by atoms with E-state index in [0.29, 0.717) is 22.6 Å². The molecule has 36 heavy (non-hydrogen) atoms. The van der Waals surface area contributed by atoms with E-state index in [-0.39, 0.29) is 29.7 Å². The van der Waals surface area contributed by atoms with Crippen molar-refractivity contribution in [2.75, 3.05) is 17.3 Å². The number of hydrogen-bond donors (Lipinski definition) is 2. The largest absolute Gasteiger partial charge is 0.465 e. The van der Waals surface area contributed by atoms with Crippen molar-refractivity contribution in [3.05, 3.63) is 90.6 Å². The summed E-state index contributed by atoms with van der Waals surface area (Å²) in [7, 11) is 1.41. The quantitative estimate of drug-likeness (QED) is 0.329. The molecule has 0 bridgehead atoms. The van der Waals surface area contributed by atoms with Crippen LogP contribution in [0.15, 0.2) is 83.7 Å². The van der Waals surface area contributed by atoms with Crippen LogP contribution < -0.4 is 10.2 Å². The predicted octanol–water partition coefficient (Wildman–Crippen LogP) is 5.04. The first kappa shape index (κ1) is 22.7. The summed E-state index contributed by atoms with van der Waals surface area (Å²) in [4.78, 5) is 21.6. The molecule has 0 atom stereocenters. The lowest BCUT2D eigenvalue weighted by Gasteiger charge is -2.17. The zero-order valence-corrected chi connectivity index (χ0v) is 19.0. The lowest BCUT2D eigenvalue weighted by Crippen LogP contribution is -2.25. The highest BCUT2D eigenvalue weighted by Crippen LogP contribution is 2.30. The van der Waals surface area contributed by atoms with Gasteiger partial charge in [0.05, 0.1) is 18.4 Å². The van der Waals surface area contributed by atoms with Crippen molar-refractivity contribution in [1.82, 2.24) is 24.9 Å². The topological polar surface area (TPSA) is 122 Å². The van der Waals surface area contributed by atoms with E-state index in [0.717, 1.165) is 10.6 Å². The van der Waals surface area contributed by atoms with Crippen LogP contribution >= 0.6 is 0 Å². The van der Waals surface area contributed by atoms with Gasteiger partial charge in [-0.05, 0) is 24.3 Å². The van der Waals surface area contributed by atoms with E-state index >= 15 is 0 Å². The molecule has 2 aromatic carbocycles. The van der Waals surface area contributed by atoms with Gasteiger partial charge >= 0.3 is 6.09 Å². The first-order valence-electron chi connectivity index (χ1n) is 10.9. The Labute approximate surface area is 204 Å². The number of amides is 1. The van der Waals surface area contributed by atoms with Crippen LogP contribution in [0.3, 0.4) is 0 Å². The van der Waals surface area contributed by atoms with Gasteiger partial charge in [0, 0.05) is 24.4 Å². The van der Waals surface area contributed by atoms with Crippen LogP contribution in [-0.4, -0.2) is 43.2 Å². The second-order valence-electron chi connectivity index (χ2n) is 7.81. The Balaban J connectivity index is 1.58. The molecule has 0 saturated carbocycles. The van der Waals surface area contributed by atoms with Gasteiger partial charge < -0.3 is 14.9 Å². The number of aromatic nitrogens is 5. The molecule has 1 amide bonds. The number of hydrogen-bond acceptors (Lipinski definition) is 7. The molecular formula is C25H20FN7O3. The SMILES string of the molecule is CN(C(=O)O)c1cnc(-c2cc(-c3ccon3)n(Cc3ccccc3F)n2)nc1Nc1ccccc1. The molecule has 180 valence electrons. The van der Waals surface area contributed by atoms with Crippen LogP contribution in [0.25, 0.3) is 22.9 Å². The number of nitrogens with one attached hydrogen (secondary N) is 1. The average molecular weight is 485 g/mol. The molecule has 0 radical (unpaired) electrons. The average Bonchev–Trinajstić information content (AvgIpc) is 3.56. The number of anilines is 3. The van der Waals surface area contributed by atoms with Crippen LogP contribution in [0.5, 0.6) is 0 Å². The third-order valence-electron chi connectivity index (χ3n) is 5.44. The highest BCUT2D eigenvalue weighted by Gasteiger charge is 2.20. The summed E-state index contributed by atoms with van der Waals surface area (Å²) < 4.78 is 21.0. The first-order chi connectivity index (χ1) is 17.5. The molecule has 2 N–H and O–H groups in total. The Hall–Kier alpha value is -5.06. The number of benzene rings is 2. The number of carbonyl (C=O) groups is 1. The van der Waals surface area contributed by atoms with E-state index in [1.165, 1.54) is 25.6 Å². The number of nitrogens with zero attached hydrogens (tertiary/aromatic N) is 6. The summed E-state index contributed by atoms with van der Waals surface area (Å²) in [5, 5.41) is 21.3. The molecule has 0 saturated heterocycles. The minimum absolute atomic E-state index is 0.143. The fourth-order valence-electron chi connectivity index (χ4n) is 3.58. The van der Waals surface area contributed by atoms with Gasteiger partial charge in [-0.2, -0.15) is 5.10 Å². The Morgan fingerprint density at radius 3 is 2.61 bits per heavy atom. The van der Waals surface area contributed by atoms with Gasteiger partial charge in [-0.3, -0.25) is 9.58 Å². The smallest absolute Gasteiger partial charge is 0.411 e. The summed E-state index contributed by atoms with van der Waals surface area (Å²) in [6.45, 7) is 0.143. The Morgan fingerprint density at radius 2 is 1.89 bits per heavy atom. The van der Waals surface area contributed by atoms with Gasteiger partial charge in [-0.1, -0.05) is 41.6 Å². The number of carboxylic acid groups (broad SMARTS) is 1.